The topological polar surface area (TPSA) is 147 Å². The van der Waals surface area contributed by atoms with Crippen LogP contribution in [0.15, 0.2) is 18.6 Å². The number of carbonyl (C=O) groups is 4. The highest BCUT2D eigenvalue weighted by Gasteiger charge is 2.51. The molecule has 4 N–H and O–H groups in total. The Morgan fingerprint density at radius 2 is 1.97 bits per heavy atom. The number of primary amides is 1. The molecule has 2 fully saturated rings. The molecule has 0 bridgehead atoms. The molecule has 2 aliphatic rings. The second-order valence-corrected chi connectivity index (χ2v) is 9.33. The van der Waals surface area contributed by atoms with Gasteiger partial charge in [0.25, 0.3) is 5.91 Å². The molecule has 168 valence electrons. The predicted octanol–water partition coefficient (Wildman–Crippen LogP) is -0.150. The van der Waals surface area contributed by atoms with Crippen molar-refractivity contribution in [3.05, 3.63) is 24.3 Å². The summed E-state index contributed by atoms with van der Waals surface area (Å²) in [5, 5.41) is 5.20. The maximum atomic E-state index is 13.4. The van der Waals surface area contributed by atoms with Crippen LogP contribution < -0.4 is 16.4 Å². The van der Waals surface area contributed by atoms with E-state index in [1.165, 1.54) is 18.6 Å². The Balaban J connectivity index is 1.67. The van der Waals surface area contributed by atoms with Gasteiger partial charge >= 0.3 is 0 Å². The first-order chi connectivity index (χ1) is 14.6. The average Bonchev–Trinajstić information content (AvgIpc) is 3.30. The molecule has 2 heterocycles. The zero-order chi connectivity index (χ0) is 22.8. The second-order valence-electron chi connectivity index (χ2n) is 9.33. The zero-order valence-electron chi connectivity index (χ0n) is 18.1. The Morgan fingerprint density at radius 1 is 1.23 bits per heavy atom. The second kappa shape index (κ2) is 8.99. The van der Waals surface area contributed by atoms with Crippen LogP contribution in [0.4, 0.5) is 0 Å². The van der Waals surface area contributed by atoms with Crippen molar-refractivity contribution in [2.45, 2.75) is 52.1 Å². The fraction of sp³-hybridized carbons (Fsp3) is 0.619. The van der Waals surface area contributed by atoms with E-state index in [1.807, 2.05) is 20.8 Å². The van der Waals surface area contributed by atoms with Gasteiger partial charge in [0.05, 0.1) is 12.7 Å². The Kier molecular flexibility index (Phi) is 6.56. The number of hydrogen-bond donors (Lipinski definition) is 3. The predicted molar refractivity (Wildman–Crippen MR) is 111 cm³/mol. The van der Waals surface area contributed by atoms with Gasteiger partial charge in [0, 0.05) is 18.9 Å². The smallest absolute Gasteiger partial charge is 0.271 e. The van der Waals surface area contributed by atoms with Crippen LogP contribution >= 0.6 is 0 Å². The zero-order valence-corrected chi connectivity index (χ0v) is 18.1. The van der Waals surface area contributed by atoms with Crippen LogP contribution in [0.25, 0.3) is 0 Å². The fourth-order valence-corrected chi connectivity index (χ4v) is 4.59. The lowest BCUT2D eigenvalue weighted by atomic mass is 9.85. The van der Waals surface area contributed by atoms with Crippen molar-refractivity contribution in [1.82, 2.24) is 25.5 Å². The van der Waals surface area contributed by atoms with Crippen LogP contribution in [0, 0.1) is 17.3 Å². The third-order valence-corrected chi connectivity index (χ3v) is 6.09. The molecule has 1 aromatic rings. The van der Waals surface area contributed by atoms with E-state index in [9.17, 15) is 19.2 Å². The molecule has 10 nitrogen and oxygen atoms in total. The molecule has 4 unspecified atom stereocenters. The molecule has 1 aliphatic carbocycles. The van der Waals surface area contributed by atoms with Crippen LogP contribution in [-0.4, -0.2) is 63.7 Å². The summed E-state index contributed by atoms with van der Waals surface area (Å²) in [5.41, 5.74) is 5.13. The van der Waals surface area contributed by atoms with Gasteiger partial charge in [-0.05, 0) is 30.1 Å². The highest BCUT2D eigenvalue weighted by atomic mass is 16.2. The number of hydrogen-bond acceptors (Lipinski definition) is 6. The highest BCUT2D eigenvalue weighted by molar-refractivity contribution is 5.96. The number of rotatable bonds is 6. The summed E-state index contributed by atoms with van der Waals surface area (Å²) in [6.07, 6.45) is 7.00. The minimum Gasteiger partial charge on any atom is -0.368 e. The van der Waals surface area contributed by atoms with Gasteiger partial charge in [0.15, 0.2) is 0 Å². The van der Waals surface area contributed by atoms with Gasteiger partial charge in [0.2, 0.25) is 17.7 Å². The van der Waals surface area contributed by atoms with Crippen LogP contribution in [0.3, 0.4) is 0 Å². The minimum atomic E-state index is -0.867. The third-order valence-electron chi connectivity index (χ3n) is 6.09. The lowest BCUT2D eigenvalue weighted by Gasteiger charge is -2.35. The van der Waals surface area contributed by atoms with Crippen molar-refractivity contribution in [1.29, 1.82) is 0 Å². The number of aromatic nitrogens is 2. The number of nitrogens with one attached hydrogen (secondary N) is 2. The highest BCUT2D eigenvalue weighted by Crippen LogP contribution is 2.42. The average molecular weight is 431 g/mol. The Labute approximate surface area is 181 Å². The van der Waals surface area contributed by atoms with Crippen molar-refractivity contribution in [2.75, 3.05) is 13.1 Å². The normalized spacial score (nSPS) is 23.7. The number of likely N-dealkylation sites (tertiary alicyclic amines) is 1. The monoisotopic (exact) mass is 430 g/mol. The van der Waals surface area contributed by atoms with Gasteiger partial charge in [-0.1, -0.05) is 27.2 Å². The molecule has 1 aliphatic heterocycles. The molecule has 0 spiro atoms. The van der Waals surface area contributed by atoms with Crippen LogP contribution in [-0.2, 0) is 14.4 Å². The number of fused-ring (bicyclic) bond motifs is 1. The molecular formula is C21H30N6O4. The first-order valence-electron chi connectivity index (χ1n) is 10.5. The number of amides is 4. The van der Waals surface area contributed by atoms with Crippen LogP contribution in [0.1, 0.15) is 50.5 Å². The lowest BCUT2D eigenvalue weighted by Crippen LogP contribution is -2.59. The molecular weight excluding hydrogens is 400 g/mol. The molecule has 0 aromatic carbocycles. The number of nitrogens with two attached hydrogens (primary N) is 1. The largest absolute Gasteiger partial charge is 0.368 e. The van der Waals surface area contributed by atoms with Gasteiger partial charge in [-0.2, -0.15) is 0 Å². The number of carbonyl (C=O) groups excluding carboxylic acids is 4. The van der Waals surface area contributed by atoms with Crippen LogP contribution in [0.5, 0.6) is 0 Å². The Morgan fingerprint density at radius 3 is 2.58 bits per heavy atom. The van der Waals surface area contributed by atoms with E-state index in [2.05, 4.69) is 20.6 Å². The van der Waals surface area contributed by atoms with Crippen molar-refractivity contribution in [2.24, 2.45) is 23.0 Å². The van der Waals surface area contributed by atoms with E-state index >= 15 is 0 Å². The molecule has 10 heteroatoms. The maximum absolute atomic E-state index is 13.4. The molecule has 1 aromatic heterocycles. The summed E-state index contributed by atoms with van der Waals surface area (Å²) >= 11 is 0. The van der Waals surface area contributed by atoms with Gasteiger partial charge in [-0.15, -0.1) is 0 Å². The minimum absolute atomic E-state index is 0.0871. The molecule has 1 saturated carbocycles. The first-order valence-corrected chi connectivity index (χ1v) is 10.5. The lowest BCUT2D eigenvalue weighted by molar-refractivity contribution is -0.143. The quantitative estimate of drug-likeness (QED) is 0.572. The summed E-state index contributed by atoms with van der Waals surface area (Å²) in [7, 11) is 0. The maximum Gasteiger partial charge on any atom is 0.271 e. The Hall–Kier alpha value is -3.04. The van der Waals surface area contributed by atoms with Crippen molar-refractivity contribution >= 4 is 23.6 Å². The molecule has 4 amide bonds. The van der Waals surface area contributed by atoms with Crippen molar-refractivity contribution in [3.63, 3.8) is 0 Å². The first kappa shape index (κ1) is 22.6. The molecule has 4 atom stereocenters. The van der Waals surface area contributed by atoms with Gasteiger partial charge in [-0.3, -0.25) is 24.2 Å². The van der Waals surface area contributed by atoms with E-state index in [1.54, 1.807) is 4.90 Å². The van der Waals surface area contributed by atoms with Gasteiger partial charge < -0.3 is 21.3 Å². The fourth-order valence-electron chi connectivity index (χ4n) is 4.59. The SMILES string of the molecule is CC(C)(C)C(NC(=O)CNC(=O)c1cnccn1)C(=O)N1CC2CCCC2C1C(N)=O. The summed E-state index contributed by atoms with van der Waals surface area (Å²) in [6, 6.07) is -1.51. The molecule has 3 rings (SSSR count). The molecule has 31 heavy (non-hydrogen) atoms. The summed E-state index contributed by atoms with van der Waals surface area (Å²) < 4.78 is 0. The van der Waals surface area contributed by atoms with E-state index in [0.717, 1.165) is 19.3 Å². The molecule has 0 radical (unpaired) electrons. The van der Waals surface area contributed by atoms with E-state index in [4.69, 9.17) is 5.73 Å². The van der Waals surface area contributed by atoms with Crippen molar-refractivity contribution < 1.29 is 19.2 Å². The third kappa shape index (κ3) is 5.00. The number of nitrogens with zero attached hydrogens (tertiary/aromatic N) is 3. The van der Waals surface area contributed by atoms with E-state index in [0.29, 0.717) is 6.54 Å². The van der Waals surface area contributed by atoms with Crippen LogP contribution in [0.2, 0.25) is 0 Å². The van der Waals surface area contributed by atoms with Gasteiger partial charge in [-0.25, -0.2) is 4.98 Å². The van der Waals surface area contributed by atoms with E-state index in [-0.39, 0.29) is 30.0 Å². The summed E-state index contributed by atoms with van der Waals surface area (Å²) in [5.74, 6) is -1.52. The van der Waals surface area contributed by atoms with Crippen molar-refractivity contribution in [3.8, 4) is 0 Å². The van der Waals surface area contributed by atoms with Gasteiger partial charge in [0.1, 0.15) is 17.8 Å². The summed E-state index contributed by atoms with van der Waals surface area (Å²) in [4.78, 5) is 59.4. The standard InChI is InChI=1S/C21H30N6O4/c1-21(2,3)17(26-15(28)10-25-19(30)14-9-23-7-8-24-14)20(31)27-11-12-5-4-6-13(12)16(27)18(22)29/h7-9,12-13,16-17H,4-6,10-11H2,1-3H3,(H2,22,29)(H,25,30)(H,26,28). The molecule has 1 saturated heterocycles. The Bertz CT molecular complexity index is 853. The van der Waals surface area contributed by atoms with E-state index < -0.39 is 35.2 Å². The summed E-state index contributed by atoms with van der Waals surface area (Å²) in [6.45, 7) is 5.67.